The predicted molar refractivity (Wildman–Crippen MR) is 64.8 cm³/mol. The molecule has 1 atom stereocenters. The van der Waals surface area contributed by atoms with E-state index in [1.807, 2.05) is 0 Å². The maximum Gasteiger partial charge on any atom is 0.323 e. The van der Waals surface area contributed by atoms with E-state index in [2.05, 4.69) is 5.32 Å². The van der Waals surface area contributed by atoms with Crippen LogP contribution < -0.4 is 5.32 Å². The van der Waals surface area contributed by atoms with Crippen molar-refractivity contribution in [2.24, 2.45) is 0 Å². The van der Waals surface area contributed by atoms with Crippen molar-refractivity contribution in [2.45, 2.75) is 45.1 Å². The van der Waals surface area contributed by atoms with Crippen LogP contribution in [0.15, 0.2) is 0 Å². The summed E-state index contributed by atoms with van der Waals surface area (Å²) in [6.45, 7) is 3.11. The zero-order valence-corrected chi connectivity index (χ0v) is 10.4. The summed E-state index contributed by atoms with van der Waals surface area (Å²) in [4.78, 5) is 23.8. The van der Waals surface area contributed by atoms with Gasteiger partial charge in [0.25, 0.3) is 0 Å². The molecule has 0 aliphatic carbocycles. The highest BCUT2D eigenvalue weighted by Gasteiger charge is 2.18. The van der Waals surface area contributed by atoms with Gasteiger partial charge in [0.2, 0.25) is 5.91 Å². The molecule has 5 nitrogen and oxygen atoms in total. The Balaban J connectivity index is 2.28. The van der Waals surface area contributed by atoms with E-state index in [0.717, 1.165) is 19.4 Å². The van der Waals surface area contributed by atoms with Gasteiger partial charge >= 0.3 is 5.97 Å². The lowest BCUT2D eigenvalue weighted by Gasteiger charge is -2.24. The van der Waals surface area contributed by atoms with E-state index in [0.29, 0.717) is 19.0 Å². The van der Waals surface area contributed by atoms with E-state index in [1.165, 1.54) is 17.7 Å². The number of amides is 1. The van der Waals surface area contributed by atoms with Crippen LogP contribution in [-0.2, 0) is 9.59 Å². The first-order valence-electron chi connectivity index (χ1n) is 6.36. The first kappa shape index (κ1) is 14.0. The van der Waals surface area contributed by atoms with Crippen molar-refractivity contribution in [3.63, 3.8) is 0 Å². The SMILES string of the molecule is CCN(CC(=O)O)C(=O)CCC1CCCCN1. The van der Waals surface area contributed by atoms with Crippen LogP contribution in [0, 0.1) is 0 Å². The highest BCUT2D eigenvalue weighted by molar-refractivity contribution is 5.81. The summed E-state index contributed by atoms with van der Waals surface area (Å²) in [7, 11) is 0. The average molecular weight is 242 g/mol. The molecule has 5 heteroatoms. The van der Waals surface area contributed by atoms with Gasteiger partial charge in [-0.1, -0.05) is 6.42 Å². The molecular weight excluding hydrogens is 220 g/mol. The third kappa shape index (κ3) is 5.17. The molecule has 0 spiro atoms. The molecule has 17 heavy (non-hydrogen) atoms. The predicted octanol–water partition coefficient (Wildman–Crippen LogP) is 0.842. The molecule has 1 aliphatic rings. The number of hydrogen-bond acceptors (Lipinski definition) is 3. The minimum absolute atomic E-state index is 0.0535. The number of likely N-dealkylation sites (N-methyl/N-ethyl adjacent to an activating group) is 1. The van der Waals surface area contributed by atoms with Gasteiger partial charge in [0.1, 0.15) is 6.54 Å². The van der Waals surface area contributed by atoms with Gasteiger partial charge in [0.15, 0.2) is 0 Å². The fraction of sp³-hybridized carbons (Fsp3) is 0.833. The van der Waals surface area contributed by atoms with Crippen molar-refractivity contribution >= 4 is 11.9 Å². The Morgan fingerprint density at radius 2 is 2.18 bits per heavy atom. The Kier molecular flexibility index (Phi) is 5.97. The molecule has 1 saturated heterocycles. The lowest BCUT2D eigenvalue weighted by molar-refractivity contribution is -0.144. The molecule has 0 bridgehead atoms. The van der Waals surface area contributed by atoms with Crippen molar-refractivity contribution in [1.82, 2.24) is 10.2 Å². The first-order chi connectivity index (χ1) is 8.13. The maximum atomic E-state index is 11.8. The number of aliphatic carboxylic acids is 1. The molecule has 0 aromatic heterocycles. The van der Waals surface area contributed by atoms with E-state index in [4.69, 9.17) is 5.11 Å². The average Bonchev–Trinajstić information content (AvgIpc) is 2.34. The second-order valence-corrected chi connectivity index (χ2v) is 4.49. The fourth-order valence-corrected chi connectivity index (χ4v) is 2.17. The van der Waals surface area contributed by atoms with Gasteiger partial charge in [-0.05, 0) is 32.7 Å². The third-order valence-electron chi connectivity index (χ3n) is 3.18. The topological polar surface area (TPSA) is 69.6 Å². The number of carboxylic acids is 1. The van der Waals surface area contributed by atoms with Crippen molar-refractivity contribution in [3.05, 3.63) is 0 Å². The molecule has 1 fully saturated rings. The van der Waals surface area contributed by atoms with Crippen LogP contribution in [-0.4, -0.2) is 47.6 Å². The fourth-order valence-electron chi connectivity index (χ4n) is 2.17. The number of nitrogens with one attached hydrogen (secondary N) is 1. The van der Waals surface area contributed by atoms with Crippen LogP contribution in [0.4, 0.5) is 0 Å². The lowest BCUT2D eigenvalue weighted by atomic mass is 10.0. The van der Waals surface area contributed by atoms with Gasteiger partial charge in [0, 0.05) is 19.0 Å². The number of piperidine rings is 1. The van der Waals surface area contributed by atoms with Crippen LogP contribution in [0.3, 0.4) is 0 Å². The van der Waals surface area contributed by atoms with Gasteiger partial charge in [-0.25, -0.2) is 0 Å². The minimum Gasteiger partial charge on any atom is -0.480 e. The van der Waals surface area contributed by atoms with E-state index >= 15 is 0 Å². The molecule has 1 aliphatic heterocycles. The Morgan fingerprint density at radius 3 is 2.71 bits per heavy atom. The maximum absolute atomic E-state index is 11.8. The van der Waals surface area contributed by atoms with Crippen LogP contribution in [0.2, 0.25) is 0 Å². The molecular formula is C12H22N2O3. The summed E-state index contributed by atoms with van der Waals surface area (Å²) in [5.74, 6) is -1.00. The van der Waals surface area contributed by atoms with Gasteiger partial charge < -0.3 is 15.3 Å². The van der Waals surface area contributed by atoms with E-state index < -0.39 is 5.97 Å². The standard InChI is InChI=1S/C12H22N2O3/c1-2-14(9-12(16)17)11(15)7-6-10-5-3-4-8-13-10/h10,13H,2-9H2,1H3,(H,16,17). The summed E-state index contributed by atoms with van der Waals surface area (Å²) >= 11 is 0. The number of carbonyl (C=O) groups is 2. The molecule has 2 N–H and O–H groups in total. The van der Waals surface area contributed by atoms with Crippen LogP contribution in [0.25, 0.3) is 0 Å². The third-order valence-corrected chi connectivity index (χ3v) is 3.18. The lowest BCUT2D eigenvalue weighted by Crippen LogP contribution is -2.38. The molecule has 98 valence electrons. The molecule has 1 unspecified atom stereocenters. The molecule has 1 amide bonds. The summed E-state index contributed by atoms with van der Waals surface area (Å²) in [6.07, 6.45) is 4.81. The van der Waals surface area contributed by atoms with Crippen molar-refractivity contribution in [1.29, 1.82) is 0 Å². The molecule has 0 radical (unpaired) electrons. The van der Waals surface area contributed by atoms with Gasteiger partial charge in [0.05, 0.1) is 0 Å². The van der Waals surface area contributed by atoms with E-state index in [9.17, 15) is 9.59 Å². The summed E-state index contributed by atoms with van der Waals surface area (Å²) in [6, 6.07) is 0.427. The van der Waals surface area contributed by atoms with Gasteiger partial charge in [-0.3, -0.25) is 9.59 Å². The minimum atomic E-state index is -0.948. The highest BCUT2D eigenvalue weighted by Crippen LogP contribution is 2.12. The summed E-state index contributed by atoms with van der Waals surface area (Å²) in [5.41, 5.74) is 0. The Hall–Kier alpha value is -1.10. The second kappa shape index (κ2) is 7.27. The van der Waals surface area contributed by atoms with Crippen LogP contribution in [0.1, 0.15) is 39.0 Å². The van der Waals surface area contributed by atoms with Crippen molar-refractivity contribution < 1.29 is 14.7 Å². The summed E-state index contributed by atoms with van der Waals surface area (Å²) < 4.78 is 0. The quantitative estimate of drug-likeness (QED) is 0.724. The van der Waals surface area contributed by atoms with E-state index in [1.54, 1.807) is 6.92 Å². The highest BCUT2D eigenvalue weighted by atomic mass is 16.4. The smallest absolute Gasteiger partial charge is 0.323 e. The molecule has 0 aromatic rings. The normalized spacial score (nSPS) is 19.9. The molecule has 1 rings (SSSR count). The van der Waals surface area contributed by atoms with Crippen molar-refractivity contribution in [3.8, 4) is 0 Å². The van der Waals surface area contributed by atoms with Crippen LogP contribution >= 0.6 is 0 Å². The number of carbonyl (C=O) groups excluding carboxylic acids is 1. The largest absolute Gasteiger partial charge is 0.480 e. The Labute approximate surface area is 102 Å². The molecule has 0 aromatic carbocycles. The second-order valence-electron chi connectivity index (χ2n) is 4.49. The van der Waals surface area contributed by atoms with Crippen LogP contribution in [0.5, 0.6) is 0 Å². The number of carboxylic acid groups (broad SMARTS) is 1. The summed E-state index contributed by atoms with van der Waals surface area (Å²) in [5, 5.41) is 12.1. The zero-order chi connectivity index (χ0) is 12.7. The van der Waals surface area contributed by atoms with Gasteiger partial charge in [-0.15, -0.1) is 0 Å². The number of nitrogens with zero attached hydrogens (tertiary/aromatic N) is 1. The van der Waals surface area contributed by atoms with Crippen molar-refractivity contribution in [2.75, 3.05) is 19.6 Å². The zero-order valence-electron chi connectivity index (χ0n) is 10.4. The molecule has 1 heterocycles. The monoisotopic (exact) mass is 242 g/mol. The first-order valence-corrected chi connectivity index (χ1v) is 6.36. The van der Waals surface area contributed by atoms with E-state index in [-0.39, 0.29) is 12.5 Å². The van der Waals surface area contributed by atoms with Gasteiger partial charge in [-0.2, -0.15) is 0 Å². The Bertz CT molecular complexity index is 262. The number of hydrogen-bond donors (Lipinski definition) is 2. The Morgan fingerprint density at radius 1 is 1.41 bits per heavy atom. The number of rotatable bonds is 6. The molecule has 0 saturated carbocycles.